The molecule has 0 aliphatic rings. The maximum atomic E-state index is 5.51. The van der Waals surface area contributed by atoms with Crippen molar-refractivity contribution in [3.05, 3.63) is 53.6 Å². The van der Waals surface area contributed by atoms with Gasteiger partial charge in [-0.1, -0.05) is 59.0 Å². The van der Waals surface area contributed by atoms with Crippen LogP contribution < -0.4 is 9.47 Å². The van der Waals surface area contributed by atoms with Gasteiger partial charge in [-0.05, 0) is 49.6 Å². The fourth-order valence-corrected chi connectivity index (χ4v) is 4.49. The molecular formula is C22H29BrO2S. The molecule has 1 unspecified atom stereocenters. The summed E-state index contributed by atoms with van der Waals surface area (Å²) in [4.78, 5) is 1.32. The van der Waals surface area contributed by atoms with E-state index in [9.17, 15) is 0 Å². The van der Waals surface area contributed by atoms with Gasteiger partial charge in [0.05, 0.1) is 14.2 Å². The van der Waals surface area contributed by atoms with Crippen molar-refractivity contribution in [2.75, 3.05) is 19.5 Å². The van der Waals surface area contributed by atoms with Gasteiger partial charge in [-0.25, -0.2) is 0 Å². The molecule has 1 atom stereocenters. The maximum Gasteiger partial charge on any atom is 0.161 e. The summed E-state index contributed by atoms with van der Waals surface area (Å²) >= 11 is 5.46. The molecule has 0 bridgehead atoms. The van der Waals surface area contributed by atoms with E-state index in [1.165, 1.54) is 41.7 Å². The van der Waals surface area contributed by atoms with Crippen molar-refractivity contribution in [2.45, 2.75) is 49.2 Å². The summed E-state index contributed by atoms with van der Waals surface area (Å²) in [6.07, 6.45) is 6.23. The highest BCUT2D eigenvalue weighted by Crippen LogP contribution is 2.41. The van der Waals surface area contributed by atoms with Crippen LogP contribution in [0.2, 0.25) is 0 Å². The molecule has 26 heavy (non-hydrogen) atoms. The monoisotopic (exact) mass is 436 g/mol. The van der Waals surface area contributed by atoms with Crippen LogP contribution in [-0.4, -0.2) is 19.5 Å². The molecule has 2 rings (SSSR count). The van der Waals surface area contributed by atoms with Gasteiger partial charge in [-0.2, -0.15) is 0 Å². The Morgan fingerprint density at radius 3 is 2.23 bits per heavy atom. The molecule has 4 heteroatoms. The van der Waals surface area contributed by atoms with Gasteiger partial charge in [-0.15, -0.1) is 11.8 Å². The predicted molar refractivity (Wildman–Crippen MR) is 116 cm³/mol. The molecule has 0 saturated carbocycles. The average molecular weight is 437 g/mol. The number of aryl methyl sites for hydroxylation is 1. The van der Waals surface area contributed by atoms with Gasteiger partial charge in [-0.3, -0.25) is 0 Å². The van der Waals surface area contributed by atoms with Crippen LogP contribution in [0.4, 0.5) is 0 Å². The summed E-state index contributed by atoms with van der Waals surface area (Å²) in [6, 6.07) is 15.1. The number of hydrogen-bond donors (Lipinski definition) is 0. The minimum absolute atomic E-state index is 0.418. The summed E-state index contributed by atoms with van der Waals surface area (Å²) in [5, 5.41) is 1.52. The van der Waals surface area contributed by atoms with Gasteiger partial charge in [0.15, 0.2) is 11.5 Å². The second kappa shape index (κ2) is 11.6. The smallest absolute Gasteiger partial charge is 0.161 e. The fraction of sp³-hybridized carbons (Fsp3) is 0.455. The van der Waals surface area contributed by atoms with Crippen LogP contribution >= 0.6 is 27.7 Å². The molecule has 2 aromatic carbocycles. The largest absolute Gasteiger partial charge is 0.493 e. The van der Waals surface area contributed by atoms with Gasteiger partial charge in [0.25, 0.3) is 0 Å². The molecule has 0 amide bonds. The summed E-state index contributed by atoms with van der Waals surface area (Å²) in [5.41, 5.74) is 2.60. The van der Waals surface area contributed by atoms with Crippen LogP contribution in [0.1, 0.15) is 48.5 Å². The van der Waals surface area contributed by atoms with Crippen LogP contribution in [0.15, 0.2) is 47.4 Å². The zero-order valence-electron chi connectivity index (χ0n) is 16.0. The summed E-state index contributed by atoms with van der Waals surface area (Å²) < 4.78 is 10.9. The van der Waals surface area contributed by atoms with Crippen molar-refractivity contribution in [3.8, 4) is 11.5 Å². The highest BCUT2D eigenvalue weighted by atomic mass is 79.9. The van der Waals surface area contributed by atoms with E-state index in [4.69, 9.17) is 9.47 Å². The van der Waals surface area contributed by atoms with Crippen LogP contribution in [0.25, 0.3) is 0 Å². The molecule has 0 fully saturated rings. The van der Waals surface area contributed by atoms with E-state index in [1.54, 1.807) is 14.2 Å². The molecule has 0 aromatic heterocycles. The van der Waals surface area contributed by atoms with E-state index in [1.807, 2.05) is 17.8 Å². The number of alkyl halides is 1. The topological polar surface area (TPSA) is 18.5 Å². The SMILES string of the molecule is COc1ccc(C(CCCCCCBr)Sc2ccc(C)cc2)cc1OC. The fourth-order valence-electron chi connectivity index (χ4n) is 2.91. The third-order valence-electron chi connectivity index (χ3n) is 4.43. The van der Waals surface area contributed by atoms with E-state index in [-0.39, 0.29) is 0 Å². The molecule has 0 saturated heterocycles. The summed E-state index contributed by atoms with van der Waals surface area (Å²) in [5.74, 6) is 1.59. The van der Waals surface area contributed by atoms with Crippen molar-refractivity contribution in [2.24, 2.45) is 0 Å². The molecule has 2 aromatic rings. The number of ether oxygens (including phenoxy) is 2. The first kappa shape index (κ1) is 21.2. The Balaban J connectivity index is 2.14. The Bertz CT molecular complexity index is 658. The molecule has 2 nitrogen and oxygen atoms in total. The summed E-state index contributed by atoms with van der Waals surface area (Å²) in [7, 11) is 3.38. The first-order chi connectivity index (χ1) is 12.7. The number of rotatable bonds is 11. The van der Waals surface area contributed by atoms with Crippen molar-refractivity contribution in [1.82, 2.24) is 0 Å². The van der Waals surface area contributed by atoms with Gasteiger partial charge < -0.3 is 9.47 Å². The molecular weight excluding hydrogens is 408 g/mol. The van der Waals surface area contributed by atoms with Crippen molar-refractivity contribution < 1.29 is 9.47 Å². The third-order valence-corrected chi connectivity index (χ3v) is 6.33. The molecule has 0 heterocycles. The highest BCUT2D eigenvalue weighted by molar-refractivity contribution is 9.09. The zero-order valence-corrected chi connectivity index (χ0v) is 18.4. The molecule has 0 radical (unpaired) electrons. The predicted octanol–water partition coefficient (Wildman–Crippen LogP) is 7.19. The third kappa shape index (κ3) is 6.55. The second-order valence-corrected chi connectivity index (χ2v) is 8.49. The van der Waals surface area contributed by atoms with Crippen molar-refractivity contribution in [1.29, 1.82) is 0 Å². The lowest BCUT2D eigenvalue weighted by atomic mass is 10.0. The Morgan fingerprint density at radius 2 is 1.58 bits per heavy atom. The van der Waals surface area contributed by atoms with E-state index in [0.717, 1.165) is 23.2 Å². The van der Waals surface area contributed by atoms with Gasteiger partial charge in [0.1, 0.15) is 0 Å². The number of benzene rings is 2. The second-order valence-electron chi connectivity index (χ2n) is 6.43. The van der Waals surface area contributed by atoms with E-state index < -0.39 is 0 Å². The van der Waals surface area contributed by atoms with Gasteiger partial charge in [0, 0.05) is 15.5 Å². The quantitative estimate of drug-likeness (QED) is 0.211. The number of unbranched alkanes of at least 4 members (excludes halogenated alkanes) is 3. The number of hydrogen-bond acceptors (Lipinski definition) is 3. The molecule has 0 spiro atoms. The molecule has 0 aliphatic heterocycles. The van der Waals surface area contributed by atoms with Crippen LogP contribution in [0.3, 0.4) is 0 Å². The van der Waals surface area contributed by atoms with Gasteiger partial charge >= 0.3 is 0 Å². The molecule has 0 N–H and O–H groups in total. The number of thioether (sulfide) groups is 1. The highest BCUT2D eigenvalue weighted by Gasteiger charge is 2.16. The van der Waals surface area contributed by atoms with Crippen LogP contribution in [0.5, 0.6) is 11.5 Å². The Labute approximate surface area is 170 Å². The lowest BCUT2D eigenvalue weighted by Gasteiger charge is -2.19. The van der Waals surface area contributed by atoms with Gasteiger partial charge in [0.2, 0.25) is 0 Å². The standard InChI is InChI=1S/C22H29BrO2S/c1-17-9-12-19(13-10-17)26-22(8-6-4-5-7-15-23)18-11-14-20(24-2)21(16-18)25-3/h9-14,16,22H,4-8,15H2,1-3H3. The first-order valence-electron chi connectivity index (χ1n) is 9.19. The van der Waals surface area contributed by atoms with E-state index in [0.29, 0.717) is 5.25 Å². The number of methoxy groups -OCH3 is 2. The summed E-state index contributed by atoms with van der Waals surface area (Å²) in [6.45, 7) is 2.13. The van der Waals surface area contributed by atoms with Crippen LogP contribution in [-0.2, 0) is 0 Å². The molecule has 142 valence electrons. The van der Waals surface area contributed by atoms with E-state index >= 15 is 0 Å². The lowest BCUT2D eigenvalue weighted by Crippen LogP contribution is -1.98. The normalized spacial score (nSPS) is 12.0. The Kier molecular flexibility index (Phi) is 9.41. The molecule has 0 aliphatic carbocycles. The minimum atomic E-state index is 0.418. The minimum Gasteiger partial charge on any atom is -0.493 e. The first-order valence-corrected chi connectivity index (χ1v) is 11.2. The van der Waals surface area contributed by atoms with Crippen LogP contribution in [0, 0.1) is 6.92 Å². The average Bonchev–Trinajstić information content (AvgIpc) is 2.68. The Hall–Kier alpha value is -1.13. The lowest BCUT2D eigenvalue weighted by molar-refractivity contribution is 0.354. The van der Waals surface area contributed by atoms with E-state index in [2.05, 4.69) is 59.3 Å². The Morgan fingerprint density at radius 1 is 0.885 bits per heavy atom. The zero-order chi connectivity index (χ0) is 18.8. The van der Waals surface area contributed by atoms with Crippen molar-refractivity contribution in [3.63, 3.8) is 0 Å². The maximum absolute atomic E-state index is 5.51. The van der Waals surface area contributed by atoms with Crippen molar-refractivity contribution >= 4 is 27.7 Å². The number of halogens is 1.